The molecule has 0 saturated carbocycles. The first-order valence-electron chi connectivity index (χ1n) is 6.25. The lowest BCUT2D eigenvalue weighted by Gasteiger charge is -2.25. The van der Waals surface area contributed by atoms with E-state index in [0.717, 1.165) is 17.8 Å². The molecular formula is C14H15BrF3N3. The summed E-state index contributed by atoms with van der Waals surface area (Å²) in [5.74, 6) is 0. The van der Waals surface area contributed by atoms with E-state index in [4.69, 9.17) is 0 Å². The highest BCUT2D eigenvalue weighted by Gasteiger charge is 2.32. The minimum absolute atomic E-state index is 0.370. The topological polar surface area (TPSA) is 29.9 Å². The van der Waals surface area contributed by atoms with Crippen LogP contribution in [0.4, 0.5) is 13.2 Å². The summed E-state index contributed by atoms with van der Waals surface area (Å²) in [6.07, 6.45) is -1.24. The van der Waals surface area contributed by atoms with Crippen molar-refractivity contribution in [3.05, 3.63) is 46.5 Å². The van der Waals surface area contributed by atoms with Crippen molar-refractivity contribution in [3.8, 4) is 5.69 Å². The van der Waals surface area contributed by atoms with Crippen LogP contribution >= 0.6 is 15.9 Å². The zero-order valence-corrected chi connectivity index (χ0v) is 13.4. The average molecular weight is 362 g/mol. The van der Waals surface area contributed by atoms with Crippen molar-refractivity contribution >= 4 is 15.9 Å². The predicted octanol–water partition coefficient (Wildman–Crippen LogP) is 4.11. The zero-order chi connectivity index (χ0) is 15.8. The van der Waals surface area contributed by atoms with Crippen LogP contribution in [-0.2, 0) is 11.7 Å². The van der Waals surface area contributed by atoms with Crippen molar-refractivity contribution in [1.82, 2.24) is 14.9 Å². The molecular weight excluding hydrogens is 347 g/mol. The number of benzene rings is 1. The fraction of sp³-hybridized carbons (Fsp3) is 0.357. The molecule has 0 radical (unpaired) electrons. The maximum atomic E-state index is 12.9. The number of halogens is 4. The van der Waals surface area contributed by atoms with Crippen molar-refractivity contribution in [3.63, 3.8) is 0 Å². The van der Waals surface area contributed by atoms with Crippen LogP contribution in [0.3, 0.4) is 0 Å². The Bertz CT molecular complexity index is 647. The van der Waals surface area contributed by atoms with Gasteiger partial charge in [-0.15, -0.1) is 0 Å². The van der Waals surface area contributed by atoms with Crippen LogP contribution in [0.15, 0.2) is 35.2 Å². The summed E-state index contributed by atoms with van der Waals surface area (Å²) in [6, 6.07) is 3.80. The van der Waals surface area contributed by atoms with Gasteiger partial charge >= 0.3 is 6.18 Å². The third-order valence-corrected chi connectivity index (χ3v) is 3.85. The molecule has 0 bridgehead atoms. The molecule has 1 N–H and O–H groups in total. The lowest BCUT2D eigenvalue weighted by atomic mass is 10.0. The van der Waals surface area contributed by atoms with Gasteiger partial charge in [0.25, 0.3) is 0 Å². The van der Waals surface area contributed by atoms with Crippen LogP contribution in [0.5, 0.6) is 0 Å². The van der Waals surface area contributed by atoms with E-state index < -0.39 is 17.3 Å². The molecule has 0 unspecified atom stereocenters. The quantitative estimate of drug-likeness (QED) is 0.891. The van der Waals surface area contributed by atoms with E-state index >= 15 is 0 Å². The number of aromatic nitrogens is 2. The molecule has 0 amide bonds. The molecule has 2 rings (SSSR count). The van der Waals surface area contributed by atoms with Gasteiger partial charge < -0.3 is 9.88 Å². The molecule has 0 atom stereocenters. The summed E-state index contributed by atoms with van der Waals surface area (Å²) in [4.78, 5) is 4.06. The fourth-order valence-corrected chi connectivity index (χ4v) is 2.45. The van der Waals surface area contributed by atoms with Gasteiger partial charge in [0.2, 0.25) is 0 Å². The molecule has 1 aromatic heterocycles. The summed E-state index contributed by atoms with van der Waals surface area (Å²) in [7, 11) is 1.79. The molecule has 0 aliphatic rings. The average Bonchev–Trinajstić information content (AvgIpc) is 2.87. The van der Waals surface area contributed by atoms with Gasteiger partial charge in [-0.1, -0.05) is 15.9 Å². The summed E-state index contributed by atoms with van der Waals surface area (Å²) in [6.45, 7) is 3.87. The first-order valence-corrected chi connectivity index (χ1v) is 7.04. The van der Waals surface area contributed by atoms with Gasteiger partial charge in [0.15, 0.2) is 0 Å². The summed E-state index contributed by atoms with van der Waals surface area (Å²) in [5.41, 5.74) is 0.0644. The van der Waals surface area contributed by atoms with E-state index in [-0.39, 0.29) is 0 Å². The molecule has 3 nitrogen and oxygen atoms in total. The van der Waals surface area contributed by atoms with E-state index in [1.807, 2.05) is 13.8 Å². The normalized spacial score (nSPS) is 12.7. The highest BCUT2D eigenvalue weighted by atomic mass is 79.9. The second-order valence-corrected chi connectivity index (χ2v) is 6.14. The largest absolute Gasteiger partial charge is 0.416 e. The lowest BCUT2D eigenvalue weighted by molar-refractivity contribution is -0.137. The minimum Gasteiger partial charge on any atom is -0.310 e. The van der Waals surface area contributed by atoms with Gasteiger partial charge in [-0.3, -0.25) is 0 Å². The standard InChI is InChI=1S/C14H15BrF3N3/c1-13(2,19-3)12-7-20-8-21(12)11-5-9(14(16,17)18)4-10(15)6-11/h4-8,19H,1-3H3. The van der Waals surface area contributed by atoms with Crippen molar-refractivity contribution < 1.29 is 13.2 Å². The number of rotatable bonds is 3. The molecule has 2 aromatic rings. The molecule has 0 aliphatic heterocycles. The van der Waals surface area contributed by atoms with Gasteiger partial charge in [0.1, 0.15) is 0 Å². The smallest absolute Gasteiger partial charge is 0.310 e. The summed E-state index contributed by atoms with van der Waals surface area (Å²) in [5, 5.41) is 3.12. The van der Waals surface area contributed by atoms with E-state index in [2.05, 4.69) is 26.2 Å². The van der Waals surface area contributed by atoms with E-state index in [1.54, 1.807) is 23.9 Å². The van der Waals surface area contributed by atoms with E-state index in [0.29, 0.717) is 10.2 Å². The second-order valence-electron chi connectivity index (χ2n) is 5.22. The minimum atomic E-state index is -4.39. The molecule has 7 heteroatoms. The van der Waals surface area contributed by atoms with Crippen LogP contribution < -0.4 is 5.32 Å². The highest BCUT2D eigenvalue weighted by Crippen LogP contribution is 2.34. The van der Waals surface area contributed by atoms with Crippen molar-refractivity contribution in [2.75, 3.05) is 7.05 Å². The molecule has 0 spiro atoms. The van der Waals surface area contributed by atoms with Gasteiger partial charge in [-0.2, -0.15) is 13.2 Å². The third kappa shape index (κ3) is 3.29. The lowest BCUT2D eigenvalue weighted by Crippen LogP contribution is -2.35. The predicted molar refractivity (Wildman–Crippen MR) is 78.4 cm³/mol. The first-order chi connectivity index (χ1) is 9.65. The number of hydrogen-bond donors (Lipinski definition) is 1. The zero-order valence-electron chi connectivity index (χ0n) is 11.8. The van der Waals surface area contributed by atoms with Gasteiger partial charge in [0.05, 0.1) is 29.3 Å². The number of imidazole rings is 1. The number of nitrogens with one attached hydrogen (secondary N) is 1. The molecule has 0 fully saturated rings. The Morgan fingerprint density at radius 1 is 1.19 bits per heavy atom. The van der Waals surface area contributed by atoms with Crippen LogP contribution in [-0.4, -0.2) is 16.6 Å². The Morgan fingerprint density at radius 2 is 1.86 bits per heavy atom. The van der Waals surface area contributed by atoms with Crippen LogP contribution in [0.25, 0.3) is 5.69 Å². The van der Waals surface area contributed by atoms with Gasteiger partial charge in [-0.25, -0.2) is 4.98 Å². The Morgan fingerprint density at radius 3 is 2.43 bits per heavy atom. The second kappa shape index (κ2) is 5.46. The number of hydrogen-bond acceptors (Lipinski definition) is 2. The molecule has 1 heterocycles. The Hall–Kier alpha value is -1.34. The Labute approximate surface area is 129 Å². The number of alkyl halides is 3. The fourth-order valence-electron chi connectivity index (χ4n) is 1.97. The molecule has 114 valence electrons. The van der Waals surface area contributed by atoms with E-state index in [1.165, 1.54) is 6.33 Å². The van der Waals surface area contributed by atoms with Crippen LogP contribution in [0, 0.1) is 0 Å². The van der Waals surface area contributed by atoms with Crippen molar-refractivity contribution in [2.45, 2.75) is 25.6 Å². The summed E-state index contributed by atoms with van der Waals surface area (Å²) < 4.78 is 40.8. The SMILES string of the molecule is CNC(C)(C)c1cncn1-c1cc(Br)cc(C(F)(F)F)c1. The maximum absolute atomic E-state index is 12.9. The van der Waals surface area contributed by atoms with E-state index in [9.17, 15) is 13.2 Å². The van der Waals surface area contributed by atoms with Crippen molar-refractivity contribution in [1.29, 1.82) is 0 Å². The Balaban J connectivity index is 2.59. The Kier molecular flexibility index (Phi) is 4.17. The monoisotopic (exact) mass is 361 g/mol. The van der Waals surface area contributed by atoms with Gasteiger partial charge in [0, 0.05) is 10.2 Å². The highest BCUT2D eigenvalue weighted by molar-refractivity contribution is 9.10. The molecule has 0 aliphatic carbocycles. The van der Waals surface area contributed by atoms with Gasteiger partial charge in [-0.05, 0) is 39.1 Å². The van der Waals surface area contributed by atoms with Crippen LogP contribution in [0.2, 0.25) is 0 Å². The third-order valence-electron chi connectivity index (χ3n) is 3.39. The number of nitrogens with zero attached hydrogens (tertiary/aromatic N) is 2. The molecule has 21 heavy (non-hydrogen) atoms. The first kappa shape index (κ1) is 16.0. The summed E-state index contributed by atoms with van der Waals surface area (Å²) >= 11 is 3.13. The molecule has 0 saturated heterocycles. The molecule has 1 aromatic carbocycles. The van der Waals surface area contributed by atoms with Crippen LogP contribution in [0.1, 0.15) is 25.1 Å². The maximum Gasteiger partial charge on any atom is 0.416 e. The van der Waals surface area contributed by atoms with Crippen molar-refractivity contribution in [2.24, 2.45) is 0 Å².